The van der Waals surface area contributed by atoms with Crippen LogP contribution in [0.25, 0.3) is 0 Å². The standard InChI is InChI=1S/C25H23ClN2O7/c1-31-21-11-10-17(23(32-2)24(21)33-3)25(30)35-14-22(29)28-19(20-5-4-12-34-20)13-18(27-28)15-6-8-16(26)9-7-15/h4-12,19H,13-14H2,1-3H3. The summed E-state index contributed by atoms with van der Waals surface area (Å²) in [6.07, 6.45) is 1.96. The van der Waals surface area contributed by atoms with Crippen molar-refractivity contribution in [3.63, 3.8) is 0 Å². The van der Waals surface area contributed by atoms with Gasteiger partial charge in [0.05, 0.1) is 33.3 Å². The molecule has 0 aliphatic carbocycles. The largest absolute Gasteiger partial charge is 0.493 e. The second-order valence-electron chi connectivity index (χ2n) is 7.49. The van der Waals surface area contributed by atoms with Gasteiger partial charge in [-0.15, -0.1) is 0 Å². The number of benzene rings is 2. The number of amides is 1. The monoisotopic (exact) mass is 498 g/mol. The molecule has 1 aliphatic heterocycles. The number of carbonyl (C=O) groups excluding carboxylic acids is 2. The fourth-order valence-corrected chi connectivity index (χ4v) is 3.92. The van der Waals surface area contributed by atoms with Crippen LogP contribution in [0.2, 0.25) is 5.02 Å². The van der Waals surface area contributed by atoms with E-state index in [-0.39, 0.29) is 17.1 Å². The number of hydrogen-bond donors (Lipinski definition) is 0. The van der Waals surface area contributed by atoms with Crippen molar-refractivity contribution in [2.24, 2.45) is 5.10 Å². The number of carbonyl (C=O) groups is 2. The molecule has 0 saturated heterocycles. The van der Waals surface area contributed by atoms with E-state index in [1.54, 1.807) is 30.3 Å². The van der Waals surface area contributed by atoms with Crippen LogP contribution in [0.3, 0.4) is 0 Å². The van der Waals surface area contributed by atoms with E-state index in [1.165, 1.54) is 38.7 Å². The highest BCUT2D eigenvalue weighted by Crippen LogP contribution is 2.40. The lowest BCUT2D eigenvalue weighted by atomic mass is 10.0. The molecule has 1 amide bonds. The molecule has 4 rings (SSSR count). The van der Waals surface area contributed by atoms with Gasteiger partial charge in [0.2, 0.25) is 5.75 Å². The van der Waals surface area contributed by atoms with Crippen LogP contribution in [0.4, 0.5) is 0 Å². The van der Waals surface area contributed by atoms with Gasteiger partial charge in [0.15, 0.2) is 18.1 Å². The van der Waals surface area contributed by atoms with Crippen LogP contribution >= 0.6 is 11.6 Å². The fourth-order valence-electron chi connectivity index (χ4n) is 3.79. The molecule has 0 saturated carbocycles. The summed E-state index contributed by atoms with van der Waals surface area (Å²) in [4.78, 5) is 25.9. The Morgan fingerprint density at radius 3 is 2.40 bits per heavy atom. The van der Waals surface area contributed by atoms with Gasteiger partial charge < -0.3 is 23.4 Å². The molecule has 1 aromatic heterocycles. The Balaban J connectivity index is 1.54. The highest BCUT2D eigenvalue weighted by molar-refractivity contribution is 6.30. The number of hydrogen-bond acceptors (Lipinski definition) is 8. The van der Waals surface area contributed by atoms with Crippen molar-refractivity contribution in [2.75, 3.05) is 27.9 Å². The van der Waals surface area contributed by atoms with Crippen molar-refractivity contribution >= 4 is 29.2 Å². The Hall–Kier alpha value is -3.98. The van der Waals surface area contributed by atoms with Crippen LogP contribution < -0.4 is 14.2 Å². The second kappa shape index (κ2) is 10.5. The van der Waals surface area contributed by atoms with Gasteiger partial charge >= 0.3 is 5.97 Å². The SMILES string of the molecule is COc1ccc(C(=O)OCC(=O)N2N=C(c3ccc(Cl)cc3)CC2c2ccco2)c(OC)c1OC. The van der Waals surface area contributed by atoms with E-state index in [9.17, 15) is 9.59 Å². The maximum Gasteiger partial charge on any atom is 0.342 e. The summed E-state index contributed by atoms with van der Waals surface area (Å²) in [5.74, 6) is 0.0701. The van der Waals surface area contributed by atoms with Gasteiger partial charge in [0.1, 0.15) is 17.4 Å². The molecule has 35 heavy (non-hydrogen) atoms. The van der Waals surface area contributed by atoms with Gasteiger partial charge in [0, 0.05) is 11.4 Å². The first-order valence-electron chi connectivity index (χ1n) is 10.6. The van der Waals surface area contributed by atoms with Gasteiger partial charge in [-0.2, -0.15) is 5.10 Å². The Morgan fingerprint density at radius 1 is 1.03 bits per heavy atom. The number of furan rings is 1. The Morgan fingerprint density at radius 2 is 1.77 bits per heavy atom. The van der Waals surface area contributed by atoms with E-state index >= 15 is 0 Å². The number of esters is 1. The summed E-state index contributed by atoms with van der Waals surface area (Å²) >= 11 is 5.99. The van der Waals surface area contributed by atoms with E-state index in [0.717, 1.165) is 5.56 Å². The highest BCUT2D eigenvalue weighted by Gasteiger charge is 2.35. The topological polar surface area (TPSA) is 99.8 Å². The zero-order valence-electron chi connectivity index (χ0n) is 19.3. The lowest BCUT2D eigenvalue weighted by molar-refractivity contribution is -0.136. The predicted molar refractivity (Wildman–Crippen MR) is 127 cm³/mol. The molecule has 2 aromatic carbocycles. The summed E-state index contributed by atoms with van der Waals surface area (Å²) in [7, 11) is 4.29. The molecule has 0 N–H and O–H groups in total. The van der Waals surface area contributed by atoms with Crippen molar-refractivity contribution in [1.82, 2.24) is 5.01 Å². The zero-order chi connectivity index (χ0) is 24.9. The first kappa shape index (κ1) is 24.2. The Kier molecular flexibility index (Phi) is 7.26. The van der Waals surface area contributed by atoms with E-state index in [4.69, 9.17) is 35.0 Å². The van der Waals surface area contributed by atoms with Crippen LogP contribution in [-0.4, -0.2) is 50.5 Å². The molecule has 1 aliphatic rings. The van der Waals surface area contributed by atoms with E-state index in [2.05, 4.69) is 5.10 Å². The number of methoxy groups -OCH3 is 3. The highest BCUT2D eigenvalue weighted by atomic mass is 35.5. The summed E-state index contributed by atoms with van der Waals surface area (Å²) in [6, 6.07) is 13.2. The van der Waals surface area contributed by atoms with Gasteiger partial charge in [-0.25, -0.2) is 9.80 Å². The number of rotatable bonds is 8. The fraction of sp³-hybridized carbons (Fsp3) is 0.240. The zero-order valence-corrected chi connectivity index (χ0v) is 20.1. The summed E-state index contributed by atoms with van der Waals surface area (Å²) < 4.78 is 26.7. The summed E-state index contributed by atoms with van der Waals surface area (Å²) in [6.45, 7) is -0.537. The molecule has 3 aromatic rings. The molecule has 0 fully saturated rings. The molecule has 10 heteroatoms. The maximum absolute atomic E-state index is 13.1. The van der Waals surface area contributed by atoms with Crippen LogP contribution in [0.1, 0.15) is 34.1 Å². The van der Waals surface area contributed by atoms with Crippen LogP contribution in [-0.2, 0) is 9.53 Å². The van der Waals surface area contributed by atoms with Crippen molar-refractivity contribution in [1.29, 1.82) is 0 Å². The third-order valence-corrected chi connectivity index (χ3v) is 5.72. The quantitative estimate of drug-likeness (QED) is 0.422. The van der Waals surface area contributed by atoms with E-state index in [0.29, 0.717) is 28.7 Å². The van der Waals surface area contributed by atoms with Crippen LogP contribution in [0, 0.1) is 0 Å². The first-order valence-corrected chi connectivity index (χ1v) is 11.0. The maximum atomic E-state index is 13.1. The van der Waals surface area contributed by atoms with Gasteiger partial charge in [0.25, 0.3) is 5.91 Å². The van der Waals surface area contributed by atoms with E-state index in [1.807, 2.05) is 12.1 Å². The molecule has 182 valence electrons. The van der Waals surface area contributed by atoms with Gasteiger partial charge in [-0.1, -0.05) is 23.7 Å². The average Bonchev–Trinajstić information content (AvgIpc) is 3.56. The first-order chi connectivity index (χ1) is 17.0. The summed E-state index contributed by atoms with van der Waals surface area (Å²) in [5, 5.41) is 6.38. The third-order valence-electron chi connectivity index (χ3n) is 5.47. The minimum Gasteiger partial charge on any atom is -0.493 e. The molecule has 1 atom stereocenters. The lowest BCUT2D eigenvalue weighted by Gasteiger charge is -2.20. The molecule has 1 unspecified atom stereocenters. The number of ether oxygens (including phenoxy) is 4. The lowest BCUT2D eigenvalue weighted by Crippen LogP contribution is -2.31. The molecule has 0 spiro atoms. The molecule has 0 radical (unpaired) electrons. The minimum atomic E-state index is -0.758. The number of halogens is 1. The van der Waals surface area contributed by atoms with Gasteiger partial charge in [-0.3, -0.25) is 4.79 Å². The molecule has 2 heterocycles. The average molecular weight is 499 g/mol. The molecular weight excluding hydrogens is 476 g/mol. The molecular formula is C25H23ClN2O7. The van der Waals surface area contributed by atoms with Crippen LogP contribution in [0.15, 0.2) is 64.3 Å². The van der Waals surface area contributed by atoms with E-state index < -0.39 is 24.5 Å². The van der Waals surface area contributed by atoms with Crippen LogP contribution in [0.5, 0.6) is 17.2 Å². The summed E-state index contributed by atoms with van der Waals surface area (Å²) in [5.41, 5.74) is 1.60. The predicted octanol–water partition coefficient (Wildman–Crippen LogP) is 4.49. The second-order valence-corrected chi connectivity index (χ2v) is 7.92. The minimum absolute atomic E-state index is 0.0901. The number of nitrogens with zero attached hydrogens (tertiary/aromatic N) is 2. The molecule has 9 nitrogen and oxygen atoms in total. The Labute approximate surface area is 206 Å². The van der Waals surface area contributed by atoms with Gasteiger partial charge in [-0.05, 0) is 42.0 Å². The third kappa shape index (κ3) is 4.95. The van der Waals surface area contributed by atoms with Crippen molar-refractivity contribution in [2.45, 2.75) is 12.5 Å². The van der Waals surface area contributed by atoms with Crippen molar-refractivity contribution < 1.29 is 33.0 Å². The normalized spacial score (nSPS) is 14.9. The molecule has 0 bridgehead atoms. The smallest absolute Gasteiger partial charge is 0.342 e. The Bertz CT molecular complexity index is 1240. The van der Waals surface area contributed by atoms with Crippen molar-refractivity contribution in [3.05, 3.63) is 76.7 Å². The number of hydrazone groups is 1. The van der Waals surface area contributed by atoms with Crippen molar-refractivity contribution in [3.8, 4) is 17.2 Å².